The average Bonchev–Trinajstić information content (AvgIpc) is 3.23. The summed E-state index contributed by atoms with van der Waals surface area (Å²) >= 11 is 0. The highest BCUT2D eigenvalue weighted by molar-refractivity contribution is 5.76. The number of anilines is 1. The van der Waals surface area contributed by atoms with Gasteiger partial charge in [-0.15, -0.1) is 0 Å². The van der Waals surface area contributed by atoms with Gasteiger partial charge in [0.1, 0.15) is 17.3 Å². The fourth-order valence-corrected chi connectivity index (χ4v) is 2.97. The van der Waals surface area contributed by atoms with E-state index in [0.29, 0.717) is 0 Å². The molecule has 0 spiro atoms. The van der Waals surface area contributed by atoms with Gasteiger partial charge in [0.2, 0.25) is 0 Å². The average molecular weight is 286 g/mol. The molecule has 4 heteroatoms. The van der Waals surface area contributed by atoms with Crippen LogP contribution in [-0.2, 0) is 13.5 Å². The van der Waals surface area contributed by atoms with Crippen molar-refractivity contribution in [3.63, 3.8) is 0 Å². The lowest BCUT2D eigenvalue weighted by Crippen LogP contribution is -2.38. The number of rotatable bonds is 5. The third-order valence-electron chi connectivity index (χ3n) is 4.69. The number of hydrogen-bond acceptors (Lipinski definition) is 3. The molecule has 1 aromatic rings. The van der Waals surface area contributed by atoms with E-state index in [1.54, 1.807) is 0 Å². The van der Waals surface area contributed by atoms with E-state index in [1.165, 1.54) is 25.7 Å². The Bertz CT molecular complexity index is 580. The van der Waals surface area contributed by atoms with Crippen molar-refractivity contribution >= 4 is 11.5 Å². The Morgan fingerprint density at radius 3 is 2.57 bits per heavy atom. The monoisotopic (exact) mass is 286 g/mol. The van der Waals surface area contributed by atoms with Crippen LogP contribution in [0.3, 0.4) is 0 Å². The molecule has 2 aliphatic rings. The third kappa shape index (κ3) is 2.37. The zero-order chi connectivity index (χ0) is 15.1. The topological polar surface area (TPSA) is 24.3 Å². The lowest BCUT2D eigenvalue weighted by molar-refractivity contribution is 0.534. The quantitative estimate of drug-likeness (QED) is 0.829. The van der Waals surface area contributed by atoms with E-state index in [-0.39, 0.29) is 0 Å². The Labute approximate surface area is 127 Å². The summed E-state index contributed by atoms with van der Waals surface area (Å²) in [7, 11) is 4.16. The minimum atomic E-state index is 0.801. The minimum absolute atomic E-state index is 0.801. The molecule has 4 nitrogen and oxygen atoms in total. The maximum atomic E-state index is 4.93. The van der Waals surface area contributed by atoms with Crippen LogP contribution in [0.25, 0.3) is 5.70 Å². The number of hydrogen-bond donors (Lipinski definition) is 0. The summed E-state index contributed by atoms with van der Waals surface area (Å²) < 4.78 is 2.22. The van der Waals surface area contributed by atoms with Gasteiger partial charge >= 0.3 is 0 Å². The second kappa shape index (κ2) is 5.24. The number of unbranched alkanes of at least 4 members (excludes halogenated alkanes) is 1. The van der Waals surface area contributed by atoms with Gasteiger partial charge in [-0.3, -0.25) is 0 Å². The molecule has 1 aromatic heterocycles. The molecule has 0 N–H and O–H groups in total. The molecule has 1 aliphatic heterocycles. The van der Waals surface area contributed by atoms with Gasteiger partial charge in [0.15, 0.2) is 5.82 Å². The first-order valence-electron chi connectivity index (χ1n) is 7.99. The molecular weight excluding hydrogens is 260 g/mol. The molecule has 2 heterocycles. The van der Waals surface area contributed by atoms with E-state index in [4.69, 9.17) is 4.98 Å². The molecular formula is C17H26N4. The highest BCUT2D eigenvalue weighted by Gasteiger charge is 2.35. The van der Waals surface area contributed by atoms with Crippen LogP contribution in [0.1, 0.15) is 44.1 Å². The Morgan fingerprint density at radius 2 is 1.95 bits per heavy atom. The smallest absolute Gasteiger partial charge is 0.162 e. The second-order valence-electron chi connectivity index (χ2n) is 6.34. The van der Waals surface area contributed by atoms with Crippen LogP contribution in [0, 0.1) is 5.92 Å². The summed E-state index contributed by atoms with van der Waals surface area (Å²) in [4.78, 5) is 9.31. The highest BCUT2D eigenvalue weighted by atomic mass is 15.4. The van der Waals surface area contributed by atoms with Gasteiger partial charge in [0.05, 0.1) is 5.70 Å². The van der Waals surface area contributed by atoms with E-state index in [1.807, 2.05) is 7.05 Å². The van der Waals surface area contributed by atoms with Crippen LogP contribution in [-0.4, -0.2) is 28.0 Å². The SMILES string of the molecule is C=C1c2c(nc(CCCC)n2C)N(CC2CC2)C(=C)N1C. The van der Waals surface area contributed by atoms with Gasteiger partial charge in [0, 0.05) is 27.1 Å². The van der Waals surface area contributed by atoms with Crippen LogP contribution in [0.5, 0.6) is 0 Å². The Balaban J connectivity index is 2.00. The van der Waals surface area contributed by atoms with Gasteiger partial charge in [-0.2, -0.15) is 0 Å². The normalized spacial score (nSPS) is 18.4. The summed E-state index contributed by atoms with van der Waals surface area (Å²) in [5.74, 6) is 4.02. The fourth-order valence-electron chi connectivity index (χ4n) is 2.97. The van der Waals surface area contributed by atoms with Crippen molar-refractivity contribution in [1.82, 2.24) is 14.5 Å². The Hall–Kier alpha value is -1.71. The highest BCUT2D eigenvalue weighted by Crippen LogP contribution is 2.40. The van der Waals surface area contributed by atoms with Crippen LogP contribution < -0.4 is 4.90 Å². The van der Waals surface area contributed by atoms with Crippen molar-refractivity contribution in [3.8, 4) is 0 Å². The zero-order valence-corrected chi connectivity index (χ0v) is 13.5. The van der Waals surface area contributed by atoms with Crippen LogP contribution >= 0.6 is 0 Å². The molecule has 0 radical (unpaired) electrons. The van der Waals surface area contributed by atoms with Crippen LogP contribution in [0.15, 0.2) is 19.0 Å². The van der Waals surface area contributed by atoms with Gasteiger partial charge in [-0.05, 0) is 25.2 Å². The summed E-state index contributed by atoms with van der Waals surface area (Å²) in [6, 6.07) is 0. The fraction of sp³-hybridized carbons (Fsp3) is 0.588. The van der Waals surface area contributed by atoms with E-state index in [0.717, 1.165) is 47.7 Å². The van der Waals surface area contributed by atoms with Gasteiger partial charge in [-0.25, -0.2) is 4.98 Å². The molecule has 0 saturated heterocycles. The molecule has 0 bridgehead atoms. The van der Waals surface area contributed by atoms with E-state index in [9.17, 15) is 0 Å². The first-order chi connectivity index (χ1) is 10.0. The van der Waals surface area contributed by atoms with Crippen LogP contribution in [0.2, 0.25) is 0 Å². The summed E-state index contributed by atoms with van der Waals surface area (Å²) in [6.07, 6.45) is 6.06. The molecule has 0 aromatic carbocycles. The predicted octanol–water partition coefficient (Wildman–Crippen LogP) is 3.37. The van der Waals surface area contributed by atoms with Crippen molar-refractivity contribution in [3.05, 3.63) is 30.5 Å². The first kappa shape index (κ1) is 14.2. The number of aryl methyl sites for hydroxylation is 1. The van der Waals surface area contributed by atoms with Gasteiger partial charge in [0.25, 0.3) is 0 Å². The van der Waals surface area contributed by atoms with E-state index in [2.05, 4.69) is 41.5 Å². The number of fused-ring (bicyclic) bond motifs is 1. The molecule has 3 rings (SSSR count). The molecule has 0 unspecified atom stereocenters. The molecule has 1 fully saturated rings. The number of nitrogens with zero attached hydrogens (tertiary/aromatic N) is 4. The second-order valence-corrected chi connectivity index (χ2v) is 6.34. The van der Waals surface area contributed by atoms with Crippen molar-refractivity contribution in [2.75, 3.05) is 18.5 Å². The maximum Gasteiger partial charge on any atom is 0.162 e. The van der Waals surface area contributed by atoms with Crippen LogP contribution in [0.4, 0.5) is 5.82 Å². The molecule has 0 atom stereocenters. The molecule has 21 heavy (non-hydrogen) atoms. The standard InChI is InChI=1S/C17H26N4/c1-6-7-8-15-18-17-16(20(15)5)12(2)19(4)13(3)21(17)11-14-9-10-14/h14H,2-3,6-11H2,1,4-5H3. The van der Waals surface area contributed by atoms with E-state index >= 15 is 0 Å². The largest absolute Gasteiger partial charge is 0.330 e. The summed E-state index contributed by atoms with van der Waals surface area (Å²) in [5, 5.41) is 0. The van der Waals surface area contributed by atoms with Gasteiger partial charge < -0.3 is 14.4 Å². The number of aromatic nitrogens is 2. The van der Waals surface area contributed by atoms with Gasteiger partial charge in [-0.1, -0.05) is 26.5 Å². The lowest BCUT2D eigenvalue weighted by Gasteiger charge is -2.38. The zero-order valence-electron chi connectivity index (χ0n) is 13.5. The number of imidazole rings is 1. The Kier molecular flexibility index (Phi) is 3.56. The molecule has 1 saturated carbocycles. The summed E-state index contributed by atoms with van der Waals surface area (Å²) in [6.45, 7) is 11.8. The maximum absolute atomic E-state index is 4.93. The summed E-state index contributed by atoms with van der Waals surface area (Å²) in [5.41, 5.74) is 2.15. The lowest BCUT2D eigenvalue weighted by atomic mass is 10.2. The molecule has 1 aliphatic carbocycles. The Morgan fingerprint density at radius 1 is 1.24 bits per heavy atom. The van der Waals surface area contributed by atoms with Crippen molar-refractivity contribution in [2.45, 2.75) is 39.0 Å². The first-order valence-corrected chi connectivity index (χ1v) is 7.99. The van der Waals surface area contributed by atoms with Crippen molar-refractivity contribution < 1.29 is 0 Å². The third-order valence-corrected chi connectivity index (χ3v) is 4.69. The van der Waals surface area contributed by atoms with E-state index < -0.39 is 0 Å². The predicted molar refractivity (Wildman–Crippen MR) is 87.8 cm³/mol. The van der Waals surface area contributed by atoms with Crippen molar-refractivity contribution in [1.29, 1.82) is 0 Å². The molecule has 0 amide bonds. The van der Waals surface area contributed by atoms with Crippen molar-refractivity contribution in [2.24, 2.45) is 13.0 Å². The molecule has 114 valence electrons. The minimum Gasteiger partial charge on any atom is -0.330 e.